The first-order chi connectivity index (χ1) is 9.06. The molecule has 0 saturated heterocycles. The van der Waals surface area contributed by atoms with Crippen LogP contribution in [0.4, 0.5) is 4.39 Å². The predicted octanol–water partition coefficient (Wildman–Crippen LogP) is 3.59. The topological polar surface area (TPSA) is 38.9 Å². The molecule has 1 unspecified atom stereocenters. The lowest BCUT2D eigenvalue weighted by Crippen LogP contribution is -2.14. The van der Waals surface area contributed by atoms with Crippen LogP contribution in [0, 0.1) is 5.82 Å². The molecular formula is C16H19FN2. The van der Waals surface area contributed by atoms with E-state index in [1.165, 1.54) is 17.8 Å². The van der Waals surface area contributed by atoms with Crippen LogP contribution >= 0.6 is 0 Å². The minimum Gasteiger partial charge on any atom is -0.324 e. The summed E-state index contributed by atoms with van der Waals surface area (Å²) in [5.74, 6) is 0.179. The van der Waals surface area contributed by atoms with Gasteiger partial charge in [-0.2, -0.15) is 0 Å². The molecular weight excluding hydrogens is 239 g/mol. The maximum atomic E-state index is 13.1. The molecule has 0 aliphatic heterocycles. The molecule has 1 atom stereocenters. The molecule has 0 fully saturated rings. The van der Waals surface area contributed by atoms with Crippen LogP contribution in [-0.4, -0.2) is 4.98 Å². The number of halogens is 1. The Hall–Kier alpha value is -1.74. The summed E-state index contributed by atoms with van der Waals surface area (Å²) in [5, 5.41) is 0. The Morgan fingerprint density at radius 2 is 1.79 bits per heavy atom. The van der Waals surface area contributed by atoms with E-state index >= 15 is 0 Å². The fourth-order valence-electron chi connectivity index (χ4n) is 2.04. The lowest BCUT2D eigenvalue weighted by atomic mass is 9.97. The van der Waals surface area contributed by atoms with Crippen molar-refractivity contribution >= 4 is 0 Å². The first-order valence-corrected chi connectivity index (χ1v) is 6.51. The van der Waals surface area contributed by atoms with Crippen molar-refractivity contribution in [1.29, 1.82) is 0 Å². The lowest BCUT2D eigenvalue weighted by molar-refractivity contribution is 0.610. The molecule has 1 aromatic heterocycles. The summed E-state index contributed by atoms with van der Waals surface area (Å²) in [4.78, 5) is 3.83. The number of benzene rings is 1. The Labute approximate surface area is 113 Å². The number of hydrogen-bond donors (Lipinski definition) is 1. The largest absolute Gasteiger partial charge is 0.324 e. The molecule has 19 heavy (non-hydrogen) atoms. The zero-order valence-electron chi connectivity index (χ0n) is 11.3. The van der Waals surface area contributed by atoms with E-state index in [2.05, 4.69) is 43.1 Å². The molecule has 2 aromatic rings. The monoisotopic (exact) mass is 258 g/mol. The van der Waals surface area contributed by atoms with Crippen LogP contribution in [0.15, 0.2) is 42.7 Å². The average molecular weight is 258 g/mol. The van der Waals surface area contributed by atoms with Gasteiger partial charge < -0.3 is 5.73 Å². The van der Waals surface area contributed by atoms with Crippen LogP contribution in [0.3, 0.4) is 0 Å². The molecule has 0 spiro atoms. The van der Waals surface area contributed by atoms with E-state index in [-0.39, 0.29) is 11.9 Å². The molecule has 100 valence electrons. The van der Waals surface area contributed by atoms with Crippen LogP contribution < -0.4 is 5.73 Å². The molecule has 3 heteroatoms. The summed E-state index contributed by atoms with van der Waals surface area (Å²) in [6.07, 6.45) is 3.49. The van der Waals surface area contributed by atoms with Crippen LogP contribution in [0.1, 0.15) is 42.5 Å². The molecule has 0 saturated carbocycles. The van der Waals surface area contributed by atoms with Crippen LogP contribution in [-0.2, 0) is 6.42 Å². The molecule has 0 bridgehead atoms. The highest BCUT2D eigenvalue weighted by Gasteiger charge is 2.09. The van der Waals surface area contributed by atoms with Crippen molar-refractivity contribution in [1.82, 2.24) is 4.98 Å². The molecule has 1 heterocycles. The maximum Gasteiger partial charge on any atom is 0.141 e. The zero-order valence-corrected chi connectivity index (χ0v) is 11.3. The number of nitrogens with two attached hydrogens (primary N) is 1. The van der Waals surface area contributed by atoms with Crippen molar-refractivity contribution < 1.29 is 4.39 Å². The van der Waals surface area contributed by atoms with Gasteiger partial charge in [-0.15, -0.1) is 0 Å². The molecule has 0 amide bonds. The molecule has 2 rings (SSSR count). The number of hydrogen-bond acceptors (Lipinski definition) is 2. The Morgan fingerprint density at radius 1 is 1.11 bits per heavy atom. The molecule has 0 aliphatic carbocycles. The Bertz CT molecular complexity index is 535. The maximum absolute atomic E-state index is 13.1. The number of nitrogens with zero attached hydrogens (tertiary/aromatic N) is 1. The highest BCUT2D eigenvalue weighted by Crippen LogP contribution is 2.19. The second-order valence-corrected chi connectivity index (χ2v) is 5.14. The highest BCUT2D eigenvalue weighted by molar-refractivity contribution is 5.27. The number of aromatic nitrogens is 1. The van der Waals surface area contributed by atoms with Gasteiger partial charge in [0.2, 0.25) is 0 Å². The van der Waals surface area contributed by atoms with Gasteiger partial charge in [0.25, 0.3) is 0 Å². The van der Waals surface area contributed by atoms with Crippen molar-refractivity contribution in [3.63, 3.8) is 0 Å². The fraction of sp³-hybridized carbons (Fsp3) is 0.312. The minimum atomic E-state index is -0.344. The molecule has 1 aromatic carbocycles. The second kappa shape index (κ2) is 5.93. The Kier molecular flexibility index (Phi) is 4.27. The molecule has 2 N–H and O–H groups in total. The second-order valence-electron chi connectivity index (χ2n) is 5.14. The number of pyridine rings is 1. The average Bonchev–Trinajstić information content (AvgIpc) is 2.39. The third kappa shape index (κ3) is 3.61. The summed E-state index contributed by atoms with van der Waals surface area (Å²) < 4.78 is 13.1. The van der Waals surface area contributed by atoms with E-state index in [0.717, 1.165) is 11.1 Å². The van der Waals surface area contributed by atoms with Gasteiger partial charge in [0.1, 0.15) is 5.82 Å². The smallest absolute Gasteiger partial charge is 0.141 e. The van der Waals surface area contributed by atoms with Crippen LogP contribution in [0.2, 0.25) is 0 Å². The van der Waals surface area contributed by atoms with Gasteiger partial charge >= 0.3 is 0 Å². The Morgan fingerprint density at radius 3 is 2.37 bits per heavy atom. The van der Waals surface area contributed by atoms with E-state index in [9.17, 15) is 4.39 Å². The van der Waals surface area contributed by atoms with Crippen molar-refractivity contribution in [2.75, 3.05) is 0 Å². The molecule has 0 aliphatic rings. The normalized spacial score (nSPS) is 12.7. The van der Waals surface area contributed by atoms with E-state index in [1.54, 1.807) is 6.20 Å². The third-order valence-corrected chi connectivity index (χ3v) is 3.26. The fourth-order valence-corrected chi connectivity index (χ4v) is 2.04. The van der Waals surface area contributed by atoms with Gasteiger partial charge in [0.05, 0.1) is 6.20 Å². The minimum absolute atomic E-state index is 0.229. The first kappa shape index (κ1) is 13.7. The zero-order chi connectivity index (χ0) is 13.8. The highest BCUT2D eigenvalue weighted by atomic mass is 19.1. The van der Waals surface area contributed by atoms with E-state index < -0.39 is 0 Å². The summed E-state index contributed by atoms with van der Waals surface area (Å²) in [6.45, 7) is 4.33. The molecule has 2 nitrogen and oxygen atoms in total. The van der Waals surface area contributed by atoms with Gasteiger partial charge in [-0.05, 0) is 35.1 Å². The summed E-state index contributed by atoms with van der Waals surface area (Å²) in [5.41, 5.74) is 9.28. The lowest BCUT2D eigenvalue weighted by Gasteiger charge is -2.13. The number of rotatable bonds is 4. The standard InChI is InChI=1S/C16H19FN2/c1-11(2)13-5-3-12(4-6-13)7-16(18)14-8-15(17)10-19-9-14/h3-6,8-11,16H,7,18H2,1-2H3. The van der Waals surface area contributed by atoms with E-state index in [0.29, 0.717) is 12.3 Å². The third-order valence-electron chi connectivity index (χ3n) is 3.26. The molecule has 0 radical (unpaired) electrons. The van der Waals surface area contributed by atoms with Crippen LogP contribution in [0.25, 0.3) is 0 Å². The van der Waals surface area contributed by atoms with Crippen molar-refractivity contribution in [3.8, 4) is 0 Å². The van der Waals surface area contributed by atoms with Gasteiger partial charge in [-0.1, -0.05) is 38.1 Å². The quantitative estimate of drug-likeness (QED) is 0.910. The van der Waals surface area contributed by atoms with Gasteiger partial charge in [-0.3, -0.25) is 4.98 Å². The van der Waals surface area contributed by atoms with Gasteiger partial charge in [-0.25, -0.2) is 4.39 Å². The first-order valence-electron chi connectivity index (χ1n) is 6.51. The summed E-state index contributed by atoms with van der Waals surface area (Å²) >= 11 is 0. The SMILES string of the molecule is CC(C)c1ccc(CC(N)c2cncc(F)c2)cc1. The predicted molar refractivity (Wildman–Crippen MR) is 75.4 cm³/mol. The van der Waals surface area contributed by atoms with Gasteiger partial charge in [0.15, 0.2) is 0 Å². The Balaban J connectivity index is 2.08. The summed E-state index contributed by atoms with van der Waals surface area (Å²) in [6, 6.07) is 9.63. The van der Waals surface area contributed by atoms with E-state index in [1.807, 2.05) is 0 Å². The summed E-state index contributed by atoms with van der Waals surface area (Å²) in [7, 11) is 0. The van der Waals surface area contributed by atoms with Crippen molar-refractivity contribution in [3.05, 3.63) is 65.2 Å². The van der Waals surface area contributed by atoms with Crippen LogP contribution in [0.5, 0.6) is 0 Å². The van der Waals surface area contributed by atoms with Gasteiger partial charge in [0, 0.05) is 12.2 Å². The van der Waals surface area contributed by atoms with Crippen molar-refractivity contribution in [2.24, 2.45) is 5.73 Å². The van der Waals surface area contributed by atoms with E-state index in [4.69, 9.17) is 5.73 Å². The van der Waals surface area contributed by atoms with Crippen molar-refractivity contribution in [2.45, 2.75) is 32.2 Å².